The molecule has 12 heavy (non-hydrogen) atoms. The number of nitrogens with two attached hydrogens (primary N) is 1. The van der Waals surface area contributed by atoms with Crippen molar-refractivity contribution in [1.29, 1.82) is 0 Å². The number of hydrogen-bond acceptors (Lipinski definition) is 3. The minimum Gasteiger partial charge on any atom is -0.382 e. The van der Waals surface area contributed by atoms with Crippen molar-refractivity contribution < 1.29 is 0 Å². The summed E-state index contributed by atoms with van der Waals surface area (Å²) in [5.74, 6) is 1.35. The third kappa shape index (κ3) is 1.58. The molecule has 0 aliphatic carbocycles. The summed E-state index contributed by atoms with van der Waals surface area (Å²) in [5, 5.41) is 10.2. The van der Waals surface area contributed by atoms with Crippen molar-refractivity contribution in [2.45, 2.75) is 12.8 Å². The fourth-order valence-corrected chi connectivity index (χ4v) is 1.68. The first-order chi connectivity index (χ1) is 5.84. The van der Waals surface area contributed by atoms with Gasteiger partial charge in [0, 0.05) is 11.8 Å². The van der Waals surface area contributed by atoms with Gasteiger partial charge in [-0.2, -0.15) is 5.10 Å². The Labute approximate surface area is 71.5 Å². The van der Waals surface area contributed by atoms with Crippen LogP contribution in [0.3, 0.4) is 0 Å². The molecule has 4 N–H and O–H groups in total. The monoisotopic (exact) mass is 166 g/mol. The van der Waals surface area contributed by atoms with Crippen molar-refractivity contribution >= 4 is 5.82 Å². The molecule has 0 saturated carbocycles. The van der Waals surface area contributed by atoms with E-state index in [4.69, 9.17) is 5.73 Å². The van der Waals surface area contributed by atoms with Crippen LogP contribution in [0.2, 0.25) is 0 Å². The van der Waals surface area contributed by atoms with Gasteiger partial charge in [0.05, 0.1) is 0 Å². The highest BCUT2D eigenvalue weighted by Crippen LogP contribution is 2.14. The highest BCUT2D eigenvalue weighted by atomic mass is 15.2. The second-order valence-corrected chi connectivity index (χ2v) is 3.38. The molecule has 1 unspecified atom stereocenters. The van der Waals surface area contributed by atoms with Crippen LogP contribution in [0.15, 0.2) is 6.07 Å². The van der Waals surface area contributed by atoms with Crippen LogP contribution >= 0.6 is 0 Å². The van der Waals surface area contributed by atoms with E-state index in [1.165, 1.54) is 6.42 Å². The number of nitrogens with zero attached hydrogens (tertiary/aromatic N) is 1. The number of rotatable bonds is 2. The minimum absolute atomic E-state index is 0.593. The third-order valence-corrected chi connectivity index (χ3v) is 2.32. The summed E-state index contributed by atoms with van der Waals surface area (Å²) in [6.45, 7) is 2.27. The van der Waals surface area contributed by atoms with Gasteiger partial charge in [-0.15, -0.1) is 0 Å². The van der Waals surface area contributed by atoms with Gasteiger partial charge in [0.15, 0.2) is 0 Å². The molecule has 1 aromatic rings. The molecule has 4 nitrogen and oxygen atoms in total. The fourth-order valence-electron chi connectivity index (χ4n) is 1.68. The molecule has 1 aliphatic heterocycles. The van der Waals surface area contributed by atoms with Crippen LogP contribution in [0.1, 0.15) is 12.1 Å². The summed E-state index contributed by atoms with van der Waals surface area (Å²) in [6, 6.07) is 1.92. The normalized spacial score (nSPS) is 23.2. The number of aromatic nitrogens is 2. The fraction of sp³-hybridized carbons (Fsp3) is 0.625. The maximum Gasteiger partial charge on any atom is 0.145 e. The van der Waals surface area contributed by atoms with Gasteiger partial charge in [-0.1, -0.05) is 0 Å². The van der Waals surface area contributed by atoms with Gasteiger partial charge in [-0.25, -0.2) is 0 Å². The molecule has 1 fully saturated rings. The van der Waals surface area contributed by atoms with Gasteiger partial charge < -0.3 is 11.1 Å². The molecule has 1 saturated heterocycles. The van der Waals surface area contributed by atoms with Gasteiger partial charge >= 0.3 is 0 Å². The van der Waals surface area contributed by atoms with Gasteiger partial charge in [0.1, 0.15) is 5.82 Å². The quantitative estimate of drug-likeness (QED) is 0.585. The molecular formula is C8H14N4. The van der Waals surface area contributed by atoms with E-state index in [1.54, 1.807) is 0 Å². The topological polar surface area (TPSA) is 66.7 Å². The van der Waals surface area contributed by atoms with E-state index in [2.05, 4.69) is 15.5 Å². The Bertz CT molecular complexity index is 249. The number of nitrogen functional groups attached to an aromatic ring is 1. The average molecular weight is 166 g/mol. The summed E-state index contributed by atoms with van der Waals surface area (Å²) in [6.07, 6.45) is 2.33. The summed E-state index contributed by atoms with van der Waals surface area (Å²) < 4.78 is 0. The maximum absolute atomic E-state index is 5.49. The standard InChI is InChI=1S/C8H14N4/c9-8-4-7(11-12-8)3-6-1-2-10-5-6/h4,6,10H,1-3,5H2,(H3,9,11,12). The lowest BCUT2D eigenvalue weighted by molar-refractivity contribution is 0.571. The first-order valence-electron chi connectivity index (χ1n) is 4.35. The lowest BCUT2D eigenvalue weighted by Gasteiger charge is -2.04. The molecule has 0 radical (unpaired) electrons. The highest BCUT2D eigenvalue weighted by molar-refractivity contribution is 5.28. The molecule has 4 heteroatoms. The lowest BCUT2D eigenvalue weighted by Crippen LogP contribution is -2.10. The van der Waals surface area contributed by atoms with Crippen LogP contribution in [-0.2, 0) is 6.42 Å². The molecule has 2 rings (SSSR count). The molecule has 0 amide bonds. The molecule has 0 aromatic carbocycles. The SMILES string of the molecule is Nc1cc(CC2CCNC2)[nH]n1. The largest absolute Gasteiger partial charge is 0.382 e. The van der Waals surface area contributed by atoms with Crippen molar-refractivity contribution in [2.24, 2.45) is 5.92 Å². The van der Waals surface area contributed by atoms with Crippen LogP contribution in [0.25, 0.3) is 0 Å². The molecule has 2 heterocycles. The molecule has 0 spiro atoms. The molecule has 66 valence electrons. The Morgan fingerprint density at radius 2 is 2.58 bits per heavy atom. The van der Waals surface area contributed by atoms with Crippen molar-refractivity contribution in [3.63, 3.8) is 0 Å². The number of aromatic amines is 1. The second-order valence-electron chi connectivity index (χ2n) is 3.38. The zero-order valence-corrected chi connectivity index (χ0v) is 7.01. The van der Waals surface area contributed by atoms with Crippen molar-refractivity contribution in [1.82, 2.24) is 15.5 Å². The van der Waals surface area contributed by atoms with E-state index in [0.29, 0.717) is 5.82 Å². The van der Waals surface area contributed by atoms with Gasteiger partial charge in [0.2, 0.25) is 0 Å². The lowest BCUT2D eigenvalue weighted by atomic mass is 10.0. The number of anilines is 1. The van der Waals surface area contributed by atoms with E-state index < -0.39 is 0 Å². The second kappa shape index (κ2) is 3.15. The minimum atomic E-state index is 0.593. The predicted octanol–water partition coefficient (Wildman–Crippen LogP) is 0.144. The smallest absolute Gasteiger partial charge is 0.145 e. The molecule has 0 bridgehead atoms. The van der Waals surface area contributed by atoms with Crippen molar-refractivity contribution in [3.05, 3.63) is 11.8 Å². The molecule has 1 atom stereocenters. The van der Waals surface area contributed by atoms with Crippen LogP contribution < -0.4 is 11.1 Å². The summed E-state index contributed by atoms with van der Waals surface area (Å²) in [4.78, 5) is 0. The summed E-state index contributed by atoms with van der Waals surface area (Å²) >= 11 is 0. The third-order valence-electron chi connectivity index (χ3n) is 2.32. The average Bonchev–Trinajstić information content (AvgIpc) is 2.63. The Morgan fingerprint density at radius 1 is 1.67 bits per heavy atom. The Morgan fingerprint density at radius 3 is 3.17 bits per heavy atom. The van der Waals surface area contributed by atoms with Gasteiger partial charge in [0.25, 0.3) is 0 Å². The summed E-state index contributed by atoms with van der Waals surface area (Å²) in [5.41, 5.74) is 6.65. The number of nitrogens with one attached hydrogen (secondary N) is 2. The molecule has 1 aliphatic rings. The maximum atomic E-state index is 5.49. The molecule has 1 aromatic heterocycles. The van der Waals surface area contributed by atoms with Crippen LogP contribution in [0.4, 0.5) is 5.82 Å². The first kappa shape index (κ1) is 7.61. The highest BCUT2D eigenvalue weighted by Gasteiger charge is 2.15. The number of hydrogen-bond donors (Lipinski definition) is 3. The Balaban J connectivity index is 1.94. The van der Waals surface area contributed by atoms with Gasteiger partial charge in [-0.3, -0.25) is 5.10 Å². The van der Waals surface area contributed by atoms with Crippen LogP contribution in [-0.4, -0.2) is 23.3 Å². The van der Waals surface area contributed by atoms with E-state index >= 15 is 0 Å². The van der Waals surface area contributed by atoms with E-state index in [-0.39, 0.29) is 0 Å². The van der Waals surface area contributed by atoms with Crippen LogP contribution in [0, 0.1) is 5.92 Å². The van der Waals surface area contributed by atoms with Gasteiger partial charge in [-0.05, 0) is 31.8 Å². The number of H-pyrrole nitrogens is 1. The summed E-state index contributed by atoms with van der Waals surface area (Å²) in [7, 11) is 0. The van der Waals surface area contributed by atoms with Crippen LogP contribution in [0.5, 0.6) is 0 Å². The first-order valence-corrected chi connectivity index (χ1v) is 4.35. The molecular weight excluding hydrogens is 152 g/mol. The Hall–Kier alpha value is -1.03. The van der Waals surface area contributed by atoms with Crippen molar-refractivity contribution in [3.8, 4) is 0 Å². The zero-order valence-electron chi connectivity index (χ0n) is 7.01. The van der Waals surface area contributed by atoms with Crippen molar-refractivity contribution in [2.75, 3.05) is 18.8 Å². The zero-order chi connectivity index (χ0) is 8.39. The predicted molar refractivity (Wildman–Crippen MR) is 47.7 cm³/mol. The Kier molecular flexibility index (Phi) is 1.99. The van der Waals surface area contributed by atoms with E-state index in [1.807, 2.05) is 6.07 Å². The van der Waals surface area contributed by atoms with E-state index in [0.717, 1.165) is 31.1 Å². The van der Waals surface area contributed by atoms with E-state index in [9.17, 15) is 0 Å².